The lowest BCUT2D eigenvalue weighted by atomic mass is 9.88. The summed E-state index contributed by atoms with van der Waals surface area (Å²) >= 11 is 0. The van der Waals surface area contributed by atoms with Gasteiger partial charge in [0.15, 0.2) is 0 Å². The fourth-order valence-corrected chi connectivity index (χ4v) is 2.08. The van der Waals surface area contributed by atoms with Crippen molar-refractivity contribution in [2.24, 2.45) is 17.6 Å². The molecule has 1 aliphatic carbocycles. The van der Waals surface area contributed by atoms with E-state index < -0.39 is 18.6 Å². The minimum atomic E-state index is -4.24. The zero-order valence-electron chi connectivity index (χ0n) is 9.59. The molecule has 1 aliphatic rings. The highest BCUT2D eigenvalue weighted by Crippen LogP contribution is 2.29. The first-order valence-corrected chi connectivity index (χ1v) is 5.82. The van der Waals surface area contributed by atoms with Crippen LogP contribution < -0.4 is 5.73 Å². The van der Waals surface area contributed by atoms with Gasteiger partial charge in [-0.15, -0.1) is 0 Å². The molecule has 0 aliphatic heterocycles. The number of hydrogen-bond acceptors (Lipinski definition) is 2. The van der Waals surface area contributed by atoms with Crippen LogP contribution in [0.1, 0.15) is 32.6 Å². The summed E-state index contributed by atoms with van der Waals surface area (Å²) in [7, 11) is 0. The summed E-state index contributed by atoms with van der Waals surface area (Å²) in [6.45, 7) is 1.42. The normalized spacial score (nSPS) is 29.1. The Kier molecular flexibility index (Phi) is 5.05. The predicted octanol–water partition coefficient (Wildman–Crippen LogP) is 2.72. The largest absolute Gasteiger partial charge is 0.395 e. The van der Waals surface area contributed by atoms with Crippen LogP contribution >= 0.6 is 0 Å². The minimum Gasteiger partial charge on any atom is -0.378 e. The van der Waals surface area contributed by atoms with Crippen molar-refractivity contribution >= 4 is 0 Å². The van der Waals surface area contributed by atoms with Crippen LogP contribution in [0.25, 0.3) is 0 Å². The highest BCUT2D eigenvalue weighted by Gasteiger charge is 2.39. The Morgan fingerprint density at radius 3 is 2.56 bits per heavy atom. The zero-order chi connectivity index (χ0) is 12.2. The zero-order valence-corrected chi connectivity index (χ0v) is 9.59. The van der Waals surface area contributed by atoms with E-state index in [9.17, 15) is 13.2 Å². The van der Waals surface area contributed by atoms with Crippen molar-refractivity contribution in [2.75, 3.05) is 13.2 Å². The third-order valence-corrected chi connectivity index (χ3v) is 3.17. The molecule has 0 amide bonds. The maximum atomic E-state index is 12.4. The van der Waals surface area contributed by atoms with Gasteiger partial charge in [0.25, 0.3) is 0 Å². The molecule has 0 spiro atoms. The predicted molar refractivity (Wildman–Crippen MR) is 56.0 cm³/mol. The summed E-state index contributed by atoms with van der Waals surface area (Å²) in [5.41, 5.74) is 5.10. The first-order valence-electron chi connectivity index (χ1n) is 5.82. The minimum absolute atomic E-state index is 0.0138. The van der Waals surface area contributed by atoms with Crippen LogP contribution in [0.15, 0.2) is 0 Å². The summed E-state index contributed by atoms with van der Waals surface area (Å²) in [5, 5.41) is 0. The Labute approximate surface area is 94.3 Å². The number of alkyl halides is 3. The Balaban J connectivity index is 2.32. The van der Waals surface area contributed by atoms with Crippen LogP contribution in [0.5, 0.6) is 0 Å². The number of ether oxygens (including phenoxy) is 1. The maximum absolute atomic E-state index is 12.4. The number of hydrogen-bond donors (Lipinski definition) is 1. The Morgan fingerprint density at radius 1 is 1.38 bits per heavy atom. The van der Waals surface area contributed by atoms with Crippen molar-refractivity contribution in [2.45, 2.75) is 44.9 Å². The third kappa shape index (κ3) is 4.29. The van der Waals surface area contributed by atoms with Gasteiger partial charge in [-0.05, 0) is 18.8 Å². The van der Waals surface area contributed by atoms with E-state index >= 15 is 0 Å². The van der Waals surface area contributed by atoms with Crippen LogP contribution in [0.4, 0.5) is 13.2 Å². The molecule has 0 aromatic rings. The molecule has 1 fully saturated rings. The average molecular weight is 239 g/mol. The molecule has 0 saturated heterocycles. The molecule has 0 aromatic carbocycles. The van der Waals surface area contributed by atoms with Crippen LogP contribution in [-0.4, -0.2) is 25.4 Å². The molecule has 0 radical (unpaired) electrons. The van der Waals surface area contributed by atoms with Gasteiger partial charge in [-0.1, -0.05) is 19.8 Å². The molecule has 96 valence electrons. The molecule has 16 heavy (non-hydrogen) atoms. The van der Waals surface area contributed by atoms with Crippen molar-refractivity contribution in [1.29, 1.82) is 0 Å². The summed E-state index contributed by atoms with van der Waals surface area (Å²) in [6, 6.07) is 0. The highest BCUT2D eigenvalue weighted by molar-refractivity contribution is 4.73. The van der Waals surface area contributed by atoms with Gasteiger partial charge in [-0.2, -0.15) is 13.2 Å². The maximum Gasteiger partial charge on any atom is 0.395 e. The molecule has 2 N–H and O–H groups in total. The molecule has 5 heteroatoms. The molecular formula is C11H20F3NO. The second kappa shape index (κ2) is 5.87. The smallest absolute Gasteiger partial charge is 0.378 e. The molecule has 3 unspecified atom stereocenters. The van der Waals surface area contributed by atoms with Crippen molar-refractivity contribution in [1.82, 2.24) is 0 Å². The quantitative estimate of drug-likeness (QED) is 0.818. The van der Waals surface area contributed by atoms with E-state index in [1.165, 1.54) is 0 Å². The van der Waals surface area contributed by atoms with Crippen molar-refractivity contribution < 1.29 is 17.9 Å². The van der Waals surface area contributed by atoms with Gasteiger partial charge in [0.1, 0.15) is 0 Å². The average Bonchev–Trinajstić information content (AvgIpc) is 2.16. The lowest BCUT2D eigenvalue weighted by Gasteiger charge is -2.28. The van der Waals surface area contributed by atoms with Gasteiger partial charge in [-0.25, -0.2) is 0 Å². The molecule has 2 nitrogen and oxygen atoms in total. The van der Waals surface area contributed by atoms with E-state index in [2.05, 4.69) is 6.92 Å². The molecule has 0 bridgehead atoms. The Bertz CT molecular complexity index is 208. The molecule has 0 heterocycles. The topological polar surface area (TPSA) is 35.2 Å². The molecule has 0 aromatic heterocycles. The van der Waals surface area contributed by atoms with E-state index in [4.69, 9.17) is 10.5 Å². The van der Waals surface area contributed by atoms with Gasteiger partial charge in [0.05, 0.1) is 18.6 Å². The first-order chi connectivity index (χ1) is 7.43. The van der Waals surface area contributed by atoms with Crippen molar-refractivity contribution in [3.8, 4) is 0 Å². The summed E-state index contributed by atoms with van der Waals surface area (Å²) < 4.78 is 42.5. The molecular weight excluding hydrogens is 219 g/mol. The lowest BCUT2D eigenvalue weighted by molar-refractivity contribution is -0.190. The Hall–Kier alpha value is -0.290. The summed E-state index contributed by atoms with van der Waals surface area (Å²) in [6.07, 6.45) is -0.311. The first kappa shape index (κ1) is 13.8. The van der Waals surface area contributed by atoms with Gasteiger partial charge < -0.3 is 10.5 Å². The second-order valence-electron chi connectivity index (χ2n) is 4.70. The van der Waals surface area contributed by atoms with Gasteiger partial charge in [0.2, 0.25) is 0 Å². The van der Waals surface area contributed by atoms with E-state index in [1.807, 2.05) is 0 Å². The monoisotopic (exact) mass is 239 g/mol. The van der Waals surface area contributed by atoms with E-state index in [0.29, 0.717) is 5.92 Å². The van der Waals surface area contributed by atoms with Crippen molar-refractivity contribution in [3.05, 3.63) is 0 Å². The summed E-state index contributed by atoms with van der Waals surface area (Å²) in [4.78, 5) is 0. The SMILES string of the molecule is CC1CCCC(OCC(CN)C(F)(F)F)C1. The Morgan fingerprint density at radius 2 is 2.06 bits per heavy atom. The van der Waals surface area contributed by atoms with E-state index in [0.717, 1.165) is 25.7 Å². The molecule has 3 atom stereocenters. The van der Waals surface area contributed by atoms with Gasteiger partial charge >= 0.3 is 6.18 Å². The number of halogens is 3. The molecule has 1 rings (SSSR count). The van der Waals surface area contributed by atoms with Crippen LogP contribution in [0, 0.1) is 11.8 Å². The van der Waals surface area contributed by atoms with E-state index in [1.54, 1.807) is 0 Å². The van der Waals surface area contributed by atoms with Crippen LogP contribution in [0.2, 0.25) is 0 Å². The van der Waals surface area contributed by atoms with Gasteiger partial charge in [-0.3, -0.25) is 0 Å². The fourth-order valence-electron chi connectivity index (χ4n) is 2.08. The second-order valence-corrected chi connectivity index (χ2v) is 4.70. The number of rotatable bonds is 4. The highest BCUT2D eigenvalue weighted by atomic mass is 19.4. The third-order valence-electron chi connectivity index (χ3n) is 3.17. The van der Waals surface area contributed by atoms with Crippen LogP contribution in [-0.2, 0) is 4.74 Å². The van der Waals surface area contributed by atoms with E-state index in [-0.39, 0.29) is 12.7 Å². The lowest BCUT2D eigenvalue weighted by Crippen LogP contribution is -2.36. The molecule has 1 saturated carbocycles. The number of nitrogens with two attached hydrogens (primary N) is 1. The summed E-state index contributed by atoms with van der Waals surface area (Å²) in [5.74, 6) is -0.967. The van der Waals surface area contributed by atoms with Crippen molar-refractivity contribution in [3.63, 3.8) is 0 Å². The standard InChI is InChI=1S/C11H20F3NO/c1-8-3-2-4-10(5-8)16-7-9(6-15)11(12,13)14/h8-10H,2-7,15H2,1H3. The van der Waals surface area contributed by atoms with Crippen LogP contribution in [0.3, 0.4) is 0 Å². The fraction of sp³-hybridized carbons (Fsp3) is 1.00. The van der Waals surface area contributed by atoms with Gasteiger partial charge in [0, 0.05) is 6.54 Å².